The Hall–Kier alpha value is -5.75. The van der Waals surface area contributed by atoms with Crippen LogP contribution in [0.5, 0.6) is 0 Å². The van der Waals surface area contributed by atoms with Gasteiger partial charge in [0, 0.05) is 44.8 Å². The average Bonchev–Trinajstić information content (AvgIpc) is 3.84. The zero-order valence-corrected chi connectivity index (χ0v) is 28.4. The average molecular weight is 647 g/mol. The Balaban J connectivity index is 1.60. The quantitative estimate of drug-likeness (QED) is 0.176. The van der Waals surface area contributed by atoms with Crippen LogP contribution in [0, 0.1) is 53.2 Å². The van der Waals surface area contributed by atoms with Gasteiger partial charge in [-0.1, -0.05) is 35.4 Å². The van der Waals surface area contributed by atoms with Crippen LogP contribution in [0.3, 0.4) is 0 Å². The van der Waals surface area contributed by atoms with Crippen molar-refractivity contribution in [3.63, 3.8) is 0 Å². The predicted molar refractivity (Wildman–Crippen MR) is 200 cm³/mol. The van der Waals surface area contributed by atoms with E-state index >= 15 is 0 Å². The van der Waals surface area contributed by atoms with Crippen LogP contribution in [0.2, 0.25) is 0 Å². The molecule has 0 fully saturated rings. The van der Waals surface area contributed by atoms with E-state index in [0.717, 1.165) is 83.9 Å². The van der Waals surface area contributed by atoms with Gasteiger partial charge in [0.05, 0.1) is 22.4 Å². The Morgan fingerprint density at radius 1 is 0.408 bits per heavy atom. The van der Waals surface area contributed by atoms with Crippen LogP contribution in [-0.4, -0.2) is 19.9 Å². The molecule has 8 bridgehead atoms. The molecule has 3 aromatic carbocycles. The number of halogens is 2. The molecule has 0 aliphatic carbocycles. The molecule has 242 valence electrons. The van der Waals surface area contributed by atoms with Crippen molar-refractivity contribution in [3.05, 3.63) is 135 Å². The molecule has 7 aromatic rings. The highest BCUT2D eigenvalue weighted by Crippen LogP contribution is 2.39. The maximum Gasteiger partial charge on any atom is 0.126 e. The highest BCUT2D eigenvalue weighted by Gasteiger charge is 2.20. The normalized spacial score (nSPS) is 12.0. The number of hydrogen-bond donors (Lipinski definition) is 3. The number of aromatic amines is 3. The van der Waals surface area contributed by atoms with E-state index < -0.39 is 11.6 Å². The first kappa shape index (κ1) is 30.6. The Kier molecular flexibility index (Phi) is 7.14. The summed E-state index contributed by atoms with van der Waals surface area (Å²) in [4.78, 5) is 16.3. The van der Waals surface area contributed by atoms with Gasteiger partial charge in [-0.2, -0.15) is 0 Å². The first-order valence-electron chi connectivity index (χ1n) is 16.5. The van der Waals surface area contributed by atoms with Crippen LogP contribution < -0.4 is 0 Å². The molecular weight excluding hydrogens is 610 g/mol. The lowest BCUT2D eigenvalue weighted by atomic mass is 9.92. The second-order valence-electron chi connectivity index (χ2n) is 13.4. The molecule has 0 radical (unpaired) electrons. The smallest absolute Gasteiger partial charge is 0.126 e. The number of fused-ring (bicyclic) bond motifs is 9. The maximum absolute atomic E-state index is 14.8. The van der Waals surface area contributed by atoms with Gasteiger partial charge in [-0.3, -0.25) is 0 Å². The van der Waals surface area contributed by atoms with Crippen molar-refractivity contribution >= 4 is 45.3 Å². The minimum Gasteiger partial charge on any atom is -0.354 e. The molecule has 4 aromatic heterocycles. The lowest BCUT2D eigenvalue weighted by Crippen LogP contribution is -1.94. The van der Waals surface area contributed by atoms with Crippen LogP contribution in [0.4, 0.5) is 8.78 Å². The Morgan fingerprint density at radius 3 is 1.27 bits per heavy atom. The molecule has 6 heteroatoms. The van der Waals surface area contributed by atoms with Gasteiger partial charge in [-0.15, -0.1) is 0 Å². The van der Waals surface area contributed by atoms with Crippen LogP contribution >= 0.6 is 0 Å². The molecule has 0 saturated heterocycles. The third-order valence-electron chi connectivity index (χ3n) is 9.58. The van der Waals surface area contributed by atoms with E-state index in [4.69, 9.17) is 4.98 Å². The van der Waals surface area contributed by atoms with Crippen LogP contribution in [-0.2, 0) is 0 Å². The second kappa shape index (κ2) is 11.4. The molecule has 1 aliphatic heterocycles. The Labute approximate surface area is 283 Å². The number of benzene rings is 3. The molecule has 4 nitrogen and oxygen atoms in total. The summed E-state index contributed by atoms with van der Waals surface area (Å²) in [6.45, 7) is 12.7. The van der Waals surface area contributed by atoms with Gasteiger partial charge < -0.3 is 15.0 Å². The van der Waals surface area contributed by atoms with Crippen molar-refractivity contribution < 1.29 is 8.78 Å². The van der Waals surface area contributed by atoms with E-state index in [-0.39, 0.29) is 0 Å². The van der Waals surface area contributed by atoms with Crippen LogP contribution in [0.1, 0.15) is 44.8 Å². The van der Waals surface area contributed by atoms with Gasteiger partial charge in [-0.05, 0) is 141 Å². The predicted octanol–water partition coefficient (Wildman–Crippen LogP) is 11.8. The minimum atomic E-state index is -0.647. The van der Waals surface area contributed by atoms with E-state index in [2.05, 4.69) is 105 Å². The van der Waals surface area contributed by atoms with Crippen molar-refractivity contribution in [2.45, 2.75) is 41.5 Å². The number of aromatic nitrogens is 4. The van der Waals surface area contributed by atoms with Crippen molar-refractivity contribution in [3.8, 4) is 33.4 Å². The highest BCUT2D eigenvalue weighted by atomic mass is 19.1. The van der Waals surface area contributed by atoms with Crippen molar-refractivity contribution in [2.24, 2.45) is 0 Å². The summed E-state index contributed by atoms with van der Waals surface area (Å²) in [6, 6.07) is 24.9. The first-order valence-corrected chi connectivity index (χ1v) is 16.5. The molecule has 8 rings (SSSR count). The third-order valence-corrected chi connectivity index (χ3v) is 9.58. The molecule has 0 atom stereocenters. The molecule has 1 aliphatic rings. The lowest BCUT2D eigenvalue weighted by molar-refractivity contribution is 0.584. The minimum absolute atomic E-state index is 0.401. The van der Waals surface area contributed by atoms with E-state index in [1.807, 2.05) is 24.3 Å². The molecule has 0 spiro atoms. The Morgan fingerprint density at radius 2 is 0.776 bits per heavy atom. The second-order valence-corrected chi connectivity index (χ2v) is 13.4. The molecule has 0 saturated carbocycles. The topological polar surface area (TPSA) is 60.3 Å². The number of aryl methyl sites for hydroxylation is 6. The molecular formula is C43H36F2N4. The van der Waals surface area contributed by atoms with Gasteiger partial charge in [0.1, 0.15) is 11.6 Å². The summed E-state index contributed by atoms with van der Waals surface area (Å²) >= 11 is 0. The summed E-state index contributed by atoms with van der Waals surface area (Å²) < 4.78 is 29.7. The number of rotatable bonds is 3. The lowest BCUT2D eigenvalue weighted by Gasteiger charge is -2.13. The van der Waals surface area contributed by atoms with E-state index in [1.165, 1.54) is 23.3 Å². The largest absolute Gasteiger partial charge is 0.354 e. The number of nitrogens with zero attached hydrogens (tertiary/aromatic N) is 1. The van der Waals surface area contributed by atoms with E-state index in [0.29, 0.717) is 22.3 Å². The van der Waals surface area contributed by atoms with Gasteiger partial charge in [0.25, 0.3) is 0 Å². The van der Waals surface area contributed by atoms with Crippen molar-refractivity contribution in [1.29, 1.82) is 0 Å². The SMILES string of the molecule is Cc1cc(C)c(-c2c3nc(c(-c4cc(F)cc(F)c4)c4ccc([nH]4)c(-c4c(C)cc(C)cc4C)c4ccc([nH]4)c4ccc2[nH]4)C=C3)c(C)c1. The fourth-order valence-electron chi connectivity index (χ4n) is 7.83. The van der Waals surface area contributed by atoms with Gasteiger partial charge in [0.15, 0.2) is 0 Å². The van der Waals surface area contributed by atoms with Crippen LogP contribution in [0.25, 0.3) is 78.6 Å². The zero-order valence-electron chi connectivity index (χ0n) is 28.4. The number of nitrogens with one attached hydrogen (secondary N) is 3. The van der Waals surface area contributed by atoms with Crippen LogP contribution in [0.15, 0.2) is 78.9 Å². The maximum atomic E-state index is 14.8. The summed E-state index contributed by atoms with van der Waals surface area (Å²) in [5, 5.41) is 0. The molecule has 0 amide bonds. The summed E-state index contributed by atoms with van der Waals surface area (Å²) in [5.41, 5.74) is 18.9. The number of H-pyrrole nitrogens is 3. The molecule has 0 unspecified atom stereocenters. The zero-order chi connectivity index (χ0) is 34.1. The Bertz CT molecular complexity index is 2580. The van der Waals surface area contributed by atoms with Gasteiger partial charge in [-0.25, -0.2) is 13.8 Å². The van der Waals surface area contributed by atoms with Gasteiger partial charge >= 0.3 is 0 Å². The van der Waals surface area contributed by atoms with Crippen molar-refractivity contribution in [2.75, 3.05) is 0 Å². The fraction of sp³-hybridized carbons (Fsp3) is 0.140. The summed E-state index contributed by atoms with van der Waals surface area (Å²) in [6.07, 6.45) is 3.94. The first-order chi connectivity index (χ1) is 23.5. The fourth-order valence-corrected chi connectivity index (χ4v) is 7.83. The van der Waals surface area contributed by atoms with Crippen molar-refractivity contribution in [1.82, 2.24) is 19.9 Å². The van der Waals surface area contributed by atoms with Gasteiger partial charge in [0.2, 0.25) is 0 Å². The highest BCUT2D eigenvalue weighted by molar-refractivity contribution is 6.01. The summed E-state index contributed by atoms with van der Waals surface area (Å²) in [7, 11) is 0. The molecule has 3 N–H and O–H groups in total. The summed E-state index contributed by atoms with van der Waals surface area (Å²) in [5.74, 6) is -1.29. The monoisotopic (exact) mass is 646 g/mol. The third kappa shape index (κ3) is 5.24. The van der Waals surface area contributed by atoms with E-state index in [1.54, 1.807) is 0 Å². The standard InChI is InChI=1S/C43H36F2N4/c1-22-15-24(3)39(25(4)16-22)42-35-9-7-31(46-35)32-8-10-36(47-32)43(40-26(5)17-23(2)18-27(40)6)38-14-12-34(49-38)41(33-11-13-37(42)48-33)28-19-29(44)21-30(45)20-28/h7-21,46-48H,1-6H3. The molecule has 49 heavy (non-hydrogen) atoms. The number of hydrogen-bond acceptors (Lipinski definition) is 1. The van der Waals surface area contributed by atoms with E-state index in [9.17, 15) is 8.78 Å². The molecule has 5 heterocycles.